The molecule has 8 aromatic carbocycles. The van der Waals surface area contributed by atoms with Crippen molar-refractivity contribution in [3.05, 3.63) is 257 Å². The normalized spacial score (nSPS) is 14.0. The van der Waals surface area contributed by atoms with E-state index in [-0.39, 0.29) is 0 Å². The maximum atomic E-state index is 5.87. The summed E-state index contributed by atoms with van der Waals surface area (Å²) in [4.78, 5) is 17.2. The van der Waals surface area contributed by atoms with E-state index in [0.29, 0.717) is 17.5 Å². The van der Waals surface area contributed by atoms with Crippen LogP contribution in [-0.4, -0.2) is 15.0 Å². The summed E-state index contributed by atoms with van der Waals surface area (Å²) in [7, 11) is 0. The standard InChI is InChI=1S/C53H35N3/c1-4-19-36(20-5-1)37-21-18-22-38(35-37)49-54-50(52(39-23-6-2-7-24-39)45-31-14-10-27-41(45)42-28-11-15-32-46(42)52)56-51(55-49)53(40-25-8-3-9-26-40)47-33-16-12-29-43(47)44-30-13-17-34-48(44)53/h1-35H. The molecule has 1 aromatic heterocycles. The average molecular weight is 714 g/mol. The first-order valence-electron chi connectivity index (χ1n) is 19.2. The fraction of sp³-hybridized carbons (Fsp3) is 0.0377. The van der Waals surface area contributed by atoms with Crippen LogP contribution in [-0.2, 0) is 10.8 Å². The zero-order chi connectivity index (χ0) is 37.1. The molecule has 0 unspecified atom stereocenters. The molecule has 11 rings (SSSR count). The zero-order valence-electron chi connectivity index (χ0n) is 30.5. The molecule has 262 valence electrons. The van der Waals surface area contributed by atoms with E-state index in [9.17, 15) is 0 Å². The van der Waals surface area contributed by atoms with Gasteiger partial charge in [0.2, 0.25) is 0 Å². The molecule has 0 atom stereocenters. The predicted octanol–water partition coefficient (Wildman–Crippen LogP) is 11.9. The topological polar surface area (TPSA) is 38.7 Å². The highest BCUT2D eigenvalue weighted by Crippen LogP contribution is 2.58. The Balaban J connectivity index is 1.31. The number of benzene rings is 8. The Morgan fingerprint density at radius 1 is 0.268 bits per heavy atom. The molecule has 2 aliphatic carbocycles. The molecule has 0 aliphatic heterocycles. The first-order chi connectivity index (χ1) is 27.8. The van der Waals surface area contributed by atoms with Crippen LogP contribution >= 0.6 is 0 Å². The van der Waals surface area contributed by atoms with E-state index in [4.69, 9.17) is 15.0 Å². The molecule has 56 heavy (non-hydrogen) atoms. The van der Waals surface area contributed by atoms with Gasteiger partial charge in [-0.15, -0.1) is 0 Å². The third-order valence-electron chi connectivity index (χ3n) is 11.9. The highest BCUT2D eigenvalue weighted by molar-refractivity contribution is 5.87. The lowest BCUT2D eigenvalue weighted by Gasteiger charge is -2.35. The molecule has 2 aliphatic rings. The van der Waals surface area contributed by atoms with Gasteiger partial charge in [0.25, 0.3) is 0 Å². The molecule has 9 aromatic rings. The summed E-state index contributed by atoms with van der Waals surface area (Å²) >= 11 is 0. The van der Waals surface area contributed by atoms with Crippen molar-refractivity contribution < 1.29 is 0 Å². The number of rotatable bonds is 6. The van der Waals surface area contributed by atoms with Crippen LogP contribution in [0, 0.1) is 0 Å². The van der Waals surface area contributed by atoms with E-state index in [1.807, 2.05) is 0 Å². The summed E-state index contributed by atoms with van der Waals surface area (Å²) in [6.07, 6.45) is 0. The molecule has 0 radical (unpaired) electrons. The van der Waals surface area contributed by atoms with Gasteiger partial charge < -0.3 is 0 Å². The summed E-state index contributed by atoms with van der Waals surface area (Å²) < 4.78 is 0. The SMILES string of the molecule is c1ccc(-c2cccc(-c3nc(C4(c5ccccc5)c5ccccc5-c5ccccc54)nc(C4(c5ccccc5)c5ccccc5-c5ccccc54)n3)c2)cc1. The molecule has 0 bridgehead atoms. The fourth-order valence-corrected chi connectivity index (χ4v) is 9.52. The van der Waals surface area contributed by atoms with Crippen LogP contribution in [0.15, 0.2) is 212 Å². The van der Waals surface area contributed by atoms with E-state index in [1.165, 1.54) is 22.3 Å². The monoisotopic (exact) mass is 713 g/mol. The van der Waals surface area contributed by atoms with Crippen LogP contribution in [0.5, 0.6) is 0 Å². The summed E-state index contributed by atoms with van der Waals surface area (Å²) in [6.45, 7) is 0. The van der Waals surface area contributed by atoms with E-state index in [2.05, 4.69) is 212 Å². The van der Waals surface area contributed by atoms with Crippen LogP contribution < -0.4 is 0 Å². The second-order valence-corrected chi connectivity index (χ2v) is 14.7. The number of hydrogen-bond donors (Lipinski definition) is 0. The average Bonchev–Trinajstić information content (AvgIpc) is 3.76. The van der Waals surface area contributed by atoms with Crippen molar-refractivity contribution in [2.45, 2.75) is 10.8 Å². The van der Waals surface area contributed by atoms with Crippen LogP contribution in [0.4, 0.5) is 0 Å². The van der Waals surface area contributed by atoms with E-state index < -0.39 is 10.8 Å². The van der Waals surface area contributed by atoms with Crippen molar-refractivity contribution in [1.82, 2.24) is 15.0 Å². The van der Waals surface area contributed by atoms with E-state index in [0.717, 1.165) is 50.1 Å². The third-order valence-corrected chi connectivity index (χ3v) is 11.9. The lowest BCUT2D eigenvalue weighted by molar-refractivity contribution is 0.631. The van der Waals surface area contributed by atoms with E-state index in [1.54, 1.807) is 0 Å². The minimum absolute atomic E-state index is 0.636. The first kappa shape index (κ1) is 32.2. The van der Waals surface area contributed by atoms with Crippen LogP contribution in [0.25, 0.3) is 44.8 Å². The lowest BCUT2D eigenvalue weighted by Crippen LogP contribution is -2.36. The van der Waals surface area contributed by atoms with Crippen molar-refractivity contribution in [1.29, 1.82) is 0 Å². The Labute approximate surface area is 326 Å². The van der Waals surface area contributed by atoms with Crippen molar-refractivity contribution in [2.24, 2.45) is 0 Å². The van der Waals surface area contributed by atoms with Crippen molar-refractivity contribution >= 4 is 0 Å². The molecule has 0 fully saturated rings. The summed E-state index contributed by atoms with van der Waals surface area (Å²) in [5.74, 6) is 2.03. The quantitative estimate of drug-likeness (QED) is 0.172. The molecule has 3 nitrogen and oxygen atoms in total. The zero-order valence-corrected chi connectivity index (χ0v) is 30.5. The summed E-state index contributed by atoms with van der Waals surface area (Å²) in [5.41, 5.74) is 13.2. The predicted molar refractivity (Wildman–Crippen MR) is 225 cm³/mol. The molecular weight excluding hydrogens is 679 g/mol. The van der Waals surface area contributed by atoms with Gasteiger partial charge in [-0.3, -0.25) is 0 Å². The molecule has 3 heteroatoms. The Bertz CT molecular complexity index is 2670. The minimum atomic E-state index is -0.826. The molecular formula is C53H35N3. The van der Waals surface area contributed by atoms with Crippen LogP contribution in [0.3, 0.4) is 0 Å². The van der Waals surface area contributed by atoms with Gasteiger partial charge in [0, 0.05) is 5.56 Å². The Morgan fingerprint density at radius 3 is 1.04 bits per heavy atom. The van der Waals surface area contributed by atoms with Gasteiger partial charge in [-0.25, -0.2) is 15.0 Å². The summed E-state index contributed by atoms with van der Waals surface area (Å²) in [6, 6.07) is 75.8. The van der Waals surface area contributed by atoms with Gasteiger partial charge in [-0.2, -0.15) is 0 Å². The van der Waals surface area contributed by atoms with Gasteiger partial charge in [-0.05, 0) is 72.8 Å². The van der Waals surface area contributed by atoms with E-state index >= 15 is 0 Å². The third kappa shape index (κ3) is 4.55. The Hall–Kier alpha value is -7.23. The molecule has 0 saturated heterocycles. The number of nitrogens with zero attached hydrogens (tertiary/aromatic N) is 3. The molecule has 0 spiro atoms. The largest absolute Gasteiger partial charge is 0.215 e. The number of hydrogen-bond acceptors (Lipinski definition) is 3. The fourth-order valence-electron chi connectivity index (χ4n) is 9.52. The minimum Gasteiger partial charge on any atom is -0.215 e. The molecule has 1 heterocycles. The number of aromatic nitrogens is 3. The maximum Gasteiger partial charge on any atom is 0.163 e. The van der Waals surface area contributed by atoms with Crippen molar-refractivity contribution in [2.75, 3.05) is 0 Å². The number of fused-ring (bicyclic) bond motifs is 6. The molecule has 0 amide bonds. The Kier molecular flexibility index (Phi) is 7.30. The summed E-state index contributed by atoms with van der Waals surface area (Å²) in [5, 5.41) is 0. The molecule has 0 saturated carbocycles. The smallest absolute Gasteiger partial charge is 0.163 e. The van der Waals surface area contributed by atoms with Gasteiger partial charge in [0.15, 0.2) is 17.5 Å². The highest BCUT2D eigenvalue weighted by atomic mass is 15.1. The van der Waals surface area contributed by atoms with Crippen molar-refractivity contribution in [3.63, 3.8) is 0 Å². The Morgan fingerprint density at radius 2 is 0.607 bits per heavy atom. The van der Waals surface area contributed by atoms with Gasteiger partial charge in [-0.1, -0.05) is 206 Å². The molecule has 0 N–H and O–H groups in total. The van der Waals surface area contributed by atoms with Gasteiger partial charge in [0.1, 0.15) is 10.8 Å². The first-order valence-corrected chi connectivity index (χ1v) is 19.2. The second-order valence-electron chi connectivity index (χ2n) is 14.7. The van der Waals surface area contributed by atoms with Gasteiger partial charge >= 0.3 is 0 Å². The highest BCUT2D eigenvalue weighted by Gasteiger charge is 2.52. The maximum absolute atomic E-state index is 5.87. The van der Waals surface area contributed by atoms with Gasteiger partial charge in [0.05, 0.1) is 0 Å². The van der Waals surface area contributed by atoms with Crippen LogP contribution in [0.2, 0.25) is 0 Å². The second kappa shape index (κ2) is 12.7. The lowest BCUT2D eigenvalue weighted by atomic mass is 9.70. The van der Waals surface area contributed by atoms with Crippen molar-refractivity contribution in [3.8, 4) is 44.8 Å². The van der Waals surface area contributed by atoms with Crippen LogP contribution in [0.1, 0.15) is 45.0 Å².